The number of aromatic nitrogens is 3. The number of nitrogens with one attached hydrogen (secondary N) is 2. The third-order valence-electron chi connectivity index (χ3n) is 2.99. The molecule has 0 saturated heterocycles. The summed E-state index contributed by atoms with van der Waals surface area (Å²) in [6.07, 6.45) is 3.01. The summed E-state index contributed by atoms with van der Waals surface area (Å²) in [6.45, 7) is 1.28. The number of para-hydroxylation sites is 1. The van der Waals surface area contributed by atoms with Gasteiger partial charge in [0.2, 0.25) is 5.13 Å². The Morgan fingerprint density at radius 2 is 2.16 bits per heavy atom. The van der Waals surface area contributed by atoms with Crippen LogP contribution in [0.1, 0.15) is 10.6 Å². The van der Waals surface area contributed by atoms with Crippen LogP contribution in [0.4, 0.5) is 5.13 Å². The third-order valence-corrected chi connectivity index (χ3v) is 3.89. The van der Waals surface area contributed by atoms with Gasteiger partial charge in [-0.2, -0.15) is 0 Å². The average Bonchev–Trinajstić information content (AvgIpc) is 3.06. The van der Waals surface area contributed by atoms with Gasteiger partial charge >= 0.3 is 0 Å². The maximum atomic E-state index is 5.51. The molecule has 3 rings (SSSR count). The van der Waals surface area contributed by atoms with Crippen LogP contribution in [-0.2, 0) is 13.0 Å². The normalized spacial score (nSPS) is 11.0. The van der Waals surface area contributed by atoms with Gasteiger partial charge in [0.15, 0.2) is 0 Å². The Morgan fingerprint density at radius 1 is 1.26 bits per heavy atom. The van der Waals surface area contributed by atoms with Gasteiger partial charge in [0.05, 0.1) is 0 Å². The van der Waals surface area contributed by atoms with Gasteiger partial charge in [-0.15, -0.1) is 10.2 Å². The summed E-state index contributed by atoms with van der Waals surface area (Å²) in [6, 6.07) is 8.32. The van der Waals surface area contributed by atoms with Crippen LogP contribution in [0.25, 0.3) is 10.9 Å². The number of H-pyrrole nitrogens is 1. The first-order chi connectivity index (χ1) is 9.36. The molecular weight excluding hydrogens is 258 g/mol. The van der Waals surface area contributed by atoms with Crippen LogP contribution in [0.2, 0.25) is 0 Å². The van der Waals surface area contributed by atoms with Gasteiger partial charge in [-0.3, -0.25) is 0 Å². The molecule has 2 aromatic heterocycles. The van der Waals surface area contributed by atoms with Crippen molar-refractivity contribution in [3.63, 3.8) is 0 Å². The van der Waals surface area contributed by atoms with E-state index in [1.54, 1.807) is 0 Å². The van der Waals surface area contributed by atoms with Gasteiger partial charge < -0.3 is 16.0 Å². The molecular formula is C13H15N5S. The van der Waals surface area contributed by atoms with Gasteiger partial charge in [0.25, 0.3) is 0 Å². The van der Waals surface area contributed by atoms with E-state index in [9.17, 15) is 0 Å². The molecule has 6 heteroatoms. The fourth-order valence-electron chi connectivity index (χ4n) is 2.05. The van der Waals surface area contributed by atoms with E-state index in [-0.39, 0.29) is 0 Å². The quantitative estimate of drug-likeness (QED) is 0.665. The van der Waals surface area contributed by atoms with E-state index in [1.807, 2.05) is 6.07 Å². The van der Waals surface area contributed by atoms with E-state index >= 15 is 0 Å². The summed E-state index contributed by atoms with van der Waals surface area (Å²) < 4.78 is 0. The van der Waals surface area contributed by atoms with Crippen LogP contribution in [0.3, 0.4) is 0 Å². The monoisotopic (exact) mass is 273 g/mol. The van der Waals surface area contributed by atoms with Crippen LogP contribution in [0.15, 0.2) is 30.5 Å². The highest BCUT2D eigenvalue weighted by molar-refractivity contribution is 7.15. The second-order valence-electron chi connectivity index (χ2n) is 4.24. The van der Waals surface area contributed by atoms with Gasteiger partial charge in [-0.25, -0.2) is 0 Å². The Hall–Kier alpha value is -1.92. The molecule has 0 spiro atoms. The average molecular weight is 273 g/mol. The molecule has 0 fully saturated rings. The van der Waals surface area contributed by atoms with E-state index < -0.39 is 0 Å². The molecule has 0 aliphatic rings. The van der Waals surface area contributed by atoms with E-state index in [0.717, 1.165) is 23.1 Å². The number of nitrogens with zero attached hydrogens (tertiary/aromatic N) is 2. The minimum atomic E-state index is 0.446. The smallest absolute Gasteiger partial charge is 0.205 e. The highest BCUT2D eigenvalue weighted by atomic mass is 32.1. The molecule has 0 unspecified atom stereocenters. The summed E-state index contributed by atoms with van der Waals surface area (Å²) in [5, 5.41) is 14.3. The standard InChI is InChI=1S/C13H15N5S/c14-7-12-17-18-13(19-12)15-6-5-9-8-16-11-4-2-1-3-10(9)11/h1-4,8,16H,5-7,14H2,(H,15,18). The van der Waals surface area contributed by atoms with Crippen LogP contribution < -0.4 is 11.1 Å². The molecule has 0 amide bonds. The van der Waals surface area contributed by atoms with Crippen molar-refractivity contribution in [1.29, 1.82) is 0 Å². The number of fused-ring (bicyclic) bond motifs is 1. The lowest BCUT2D eigenvalue weighted by Gasteiger charge is -2.01. The molecule has 0 bridgehead atoms. The molecule has 0 atom stereocenters. The van der Waals surface area contributed by atoms with E-state index in [4.69, 9.17) is 5.73 Å². The minimum absolute atomic E-state index is 0.446. The minimum Gasteiger partial charge on any atom is -0.361 e. The molecule has 19 heavy (non-hydrogen) atoms. The maximum Gasteiger partial charge on any atom is 0.205 e. The summed E-state index contributed by atoms with van der Waals surface area (Å²) >= 11 is 1.51. The maximum absolute atomic E-state index is 5.51. The predicted octanol–water partition coefficient (Wildman–Crippen LogP) is 2.13. The first-order valence-corrected chi connectivity index (χ1v) is 7.00. The van der Waals surface area contributed by atoms with Crippen LogP contribution in [0, 0.1) is 0 Å². The second-order valence-corrected chi connectivity index (χ2v) is 5.30. The molecule has 0 aliphatic heterocycles. The largest absolute Gasteiger partial charge is 0.361 e. The zero-order valence-corrected chi connectivity index (χ0v) is 11.2. The lowest BCUT2D eigenvalue weighted by atomic mass is 10.1. The number of hydrogen-bond donors (Lipinski definition) is 3. The van der Waals surface area contributed by atoms with Crippen molar-refractivity contribution in [3.8, 4) is 0 Å². The molecule has 4 N–H and O–H groups in total. The van der Waals surface area contributed by atoms with Gasteiger partial charge in [0.1, 0.15) is 5.01 Å². The van der Waals surface area contributed by atoms with Crippen molar-refractivity contribution in [2.24, 2.45) is 5.73 Å². The topological polar surface area (TPSA) is 79.6 Å². The van der Waals surface area contributed by atoms with Gasteiger partial charge in [-0.05, 0) is 18.1 Å². The molecule has 0 radical (unpaired) electrons. The molecule has 1 aromatic carbocycles. The molecule has 3 aromatic rings. The van der Waals surface area contributed by atoms with Crippen LogP contribution in [0.5, 0.6) is 0 Å². The van der Waals surface area contributed by atoms with Gasteiger partial charge in [-0.1, -0.05) is 29.5 Å². The SMILES string of the molecule is NCc1nnc(NCCc2c[nH]c3ccccc23)s1. The molecule has 0 aliphatic carbocycles. The van der Waals surface area contributed by atoms with Crippen molar-refractivity contribution < 1.29 is 0 Å². The van der Waals surface area contributed by atoms with Crippen molar-refractivity contribution >= 4 is 27.4 Å². The van der Waals surface area contributed by atoms with Crippen molar-refractivity contribution in [3.05, 3.63) is 41.0 Å². The first kappa shape index (κ1) is 12.1. The second kappa shape index (κ2) is 5.38. The molecule has 5 nitrogen and oxygen atoms in total. The summed E-state index contributed by atoms with van der Waals surface area (Å²) in [5.41, 5.74) is 8.00. The highest BCUT2D eigenvalue weighted by Gasteiger charge is 2.04. The van der Waals surface area contributed by atoms with Crippen molar-refractivity contribution in [2.75, 3.05) is 11.9 Å². The number of hydrogen-bond acceptors (Lipinski definition) is 5. The zero-order chi connectivity index (χ0) is 13.1. The number of aromatic amines is 1. The number of benzene rings is 1. The summed E-state index contributed by atoms with van der Waals surface area (Å²) in [5.74, 6) is 0. The molecule has 0 saturated carbocycles. The van der Waals surface area contributed by atoms with E-state index in [2.05, 4.69) is 44.9 Å². The highest BCUT2D eigenvalue weighted by Crippen LogP contribution is 2.19. The Labute approximate surface area is 114 Å². The summed E-state index contributed by atoms with van der Waals surface area (Å²) in [4.78, 5) is 3.28. The van der Waals surface area contributed by atoms with Crippen LogP contribution in [-0.4, -0.2) is 21.7 Å². The van der Waals surface area contributed by atoms with Crippen molar-refractivity contribution in [2.45, 2.75) is 13.0 Å². The predicted molar refractivity (Wildman–Crippen MR) is 78.3 cm³/mol. The first-order valence-electron chi connectivity index (χ1n) is 6.18. The Kier molecular flexibility index (Phi) is 3.43. The lowest BCUT2D eigenvalue weighted by molar-refractivity contribution is 0.947. The van der Waals surface area contributed by atoms with Crippen molar-refractivity contribution in [1.82, 2.24) is 15.2 Å². The fourth-order valence-corrected chi connectivity index (χ4v) is 2.69. The Balaban J connectivity index is 1.63. The van der Waals surface area contributed by atoms with E-state index in [0.29, 0.717) is 6.54 Å². The van der Waals surface area contributed by atoms with Crippen LogP contribution >= 0.6 is 11.3 Å². The number of anilines is 1. The lowest BCUT2D eigenvalue weighted by Crippen LogP contribution is -2.04. The fraction of sp³-hybridized carbons (Fsp3) is 0.231. The molecule has 2 heterocycles. The zero-order valence-electron chi connectivity index (χ0n) is 10.4. The van der Waals surface area contributed by atoms with Gasteiger partial charge in [0, 0.05) is 30.2 Å². The molecule has 98 valence electrons. The third kappa shape index (κ3) is 2.59. The number of rotatable bonds is 5. The Bertz CT molecular complexity index is 672. The number of nitrogens with two attached hydrogens (primary N) is 1. The Morgan fingerprint density at radius 3 is 3.00 bits per heavy atom. The summed E-state index contributed by atoms with van der Waals surface area (Å²) in [7, 11) is 0. The van der Waals surface area contributed by atoms with E-state index in [1.165, 1.54) is 27.8 Å².